The molecule has 0 radical (unpaired) electrons. The lowest BCUT2D eigenvalue weighted by Gasteiger charge is -2.26. The SMILES string of the molecule is COCCNC(=O)[C@@H](O)[C@H](N)CC1CCCCC1. The van der Waals surface area contributed by atoms with Gasteiger partial charge in [0, 0.05) is 19.7 Å². The summed E-state index contributed by atoms with van der Waals surface area (Å²) in [6.07, 6.45) is 5.76. The van der Waals surface area contributed by atoms with Gasteiger partial charge < -0.3 is 20.9 Å². The second kappa shape index (κ2) is 8.45. The molecule has 1 aliphatic rings. The van der Waals surface area contributed by atoms with Gasteiger partial charge in [-0.05, 0) is 12.3 Å². The highest BCUT2D eigenvalue weighted by atomic mass is 16.5. The van der Waals surface area contributed by atoms with E-state index in [2.05, 4.69) is 5.32 Å². The van der Waals surface area contributed by atoms with Crippen LogP contribution in [0.3, 0.4) is 0 Å². The zero-order chi connectivity index (χ0) is 13.4. The zero-order valence-corrected chi connectivity index (χ0v) is 11.2. The molecule has 106 valence electrons. The van der Waals surface area contributed by atoms with Crippen LogP contribution in [0.5, 0.6) is 0 Å². The third-order valence-electron chi connectivity index (χ3n) is 3.61. The maximum Gasteiger partial charge on any atom is 0.250 e. The van der Waals surface area contributed by atoms with E-state index >= 15 is 0 Å². The molecular weight excluding hydrogens is 232 g/mol. The predicted octanol–water partition coefficient (Wildman–Crippen LogP) is 0.408. The van der Waals surface area contributed by atoms with Crippen LogP contribution in [0.25, 0.3) is 0 Å². The number of ether oxygens (including phenoxy) is 1. The van der Waals surface area contributed by atoms with E-state index in [1.54, 1.807) is 7.11 Å². The summed E-state index contributed by atoms with van der Waals surface area (Å²) < 4.78 is 4.83. The van der Waals surface area contributed by atoms with E-state index in [-0.39, 0.29) is 0 Å². The van der Waals surface area contributed by atoms with Crippen molar-refractivity contribution < 1.29 is 14.6 Å². The second-order valence-corrected chi connectivity index (χ2v) is 5.13. The summed E-state index contributed by atoms with van der Waals surface area (Å²) >= 11 is 0. The molecule has 4 N–H and O–H groups in total. The van der Waals surface area contributed by atoms with E-state index < -0.39 is 18.1 Å². The van der Waals surface area contributed by atoms with Gasteiger partial charge in [-0.15, -0.1) is 0 Å². The summed E-state index contributed by atoms with van der Waals surface area (Å²) in [4.78, 5) is 11.6. The fourth-order valence-electron chi connectivity index (χ4n) is 2.51. The van der Waals surface area contributed by atoms with Crippen molar-refractivity contribution in [2.45, 2.75) is 50.7 Å². The van der Waals surface area contributed by atoms with Crippen LogP contribution < -0.4 is 11.1 Å². The molecule has 0 saturated heterocycles. The number of methoxy groups -OCH3 is 1. The number of aliphatic hydroxyl groups excluding tert-OH is 1. The summed E-state index contributed by atoms with van der Waals surface area (Å²) in [5.74, 6) is 0.172. The maximum atomic E-state index is 11.6. The average Bonchev–Trinajstić information content (AvgIpc) is 2.39. The highest BCUT2D eigenvalue weighted by molar-refractivity contribution is 5.81. The van der Waals surface area contributed by atoms with Crippen molar-refractivity contribution in [2.24, 2.45) is 11.7 Å². The fourth-order valence-corrected chi connectivity index (χ4v) is 2.51. The quantitative estimate of drug-likeness (QED) is 0.577. The first kappa shape index (κ1) is 15.4. The van der Waals surface area contributed by atoms with Crippen molar-refractivity contribution in [3.8, 4) is 0 Å². The average molecular weight is 258 g/mol. The molecule has 1 saturated carbocycles. The fraction of sp³-hybridized carbons (Fsp3) is 0.923. The van der Waals surface area contributed by atoms with Crippen LogP contribution >= 0.6 is 0 Å². The molecule has 5 nitrogen and oxygen atoms in total. The number of hydrogen-bond acceptors (Lipinski definition) is 4. The summed E-state index contributed by atoms with van der Waals surface area (Å²) in [7, 11) is 1.57. The van der Waals surface area contributed by atoms with E-state index in [0.717, 1.165) is 6.42 Å². The minimum absolute atomic E-state index is 0.393. The molecule has 0 heterocycles. The summed E-state index contributed by atoms with van der Waals surface area (Å²) in [6.45, 7) is 0.846. The molecule has 1 fully saturated rings. The first-order valence-corrected chi connectivity index (χ1v) is 6.85. The summed E-state index contributed by atoms with van der Waals surface area (Å²) in [5, 5.41) is 12.4. The Hall–Kier alpha value is -0.650. The van der Waals surface area contributed by atoms with Gasteiger partial charge in [0.05, 0.1) is 6.61 Å². The monoisotopic (exact) mass is 258 g/mol. The van der Waals surface area contributed by atoms with Crippen molar-refractivity contribution in [1.29, 1.82) is 0 Å². The van der Waals surface area contributed by atoms with Crippen LogP contribution in [0, 0.1) is 5.92 Å². The number of nitrogens with two attached hydrogens (primary N) is 1. The Kier molecular flexibility index (Phi) is 7.23. The third kappa shape index (κ3) is 5.33. The summed E-state index contributed by atoms with van der Waals surface area (Å²) in [5.41, 5.74) is 5.91. The van der Waals surface area contributed by atoms with Gasteiger partial charge in [-0.2, -0.15) is 0 Å². The highest BCUT2D eigenvalue weighted by Crippen LogP contribution is 2.27. The Bertz CT molecular complexity index is 242. The van der Waals surface area contributed by atoms with Crippen molar-refractivity contribution >= 4 is 5.91 Å². The molecule has 0 aliphatic heterocycles. The van der Waals surface area contributed by atoms with Gasteiger partial charge in [-0.25, -0.2) is 0 Å². The standard InChI is InChI=1S/C13H26N2O3/c1-18-8-7-15-13(17)12(16)11(14)9-10-5-3-2-4-6-10/h10-12,16H,2-9,14H2,1H3,(H,15,17)/t11-,12+/m1/s1. The van der Waals surface area contributed by atoms with E-state index in [0.29, 0.717) is 19.1 Å². The lowest BCUT2D eigenvalue weighted by molar-refractivity contribution is -0.130. The smallest absolute Gasteiger partial charge is 0.250 e. The van der Waals surface area contributed by atoms with Gasteiger partial charge >= 0.3 is 0 Å². The first-order chi connectivity index (χ1) is 8.65. The van der Waals surface area contributed by atoms with E-state index in [1.807, 2.05) is 0 Å². The largest absolute Gasteiger partial charge is 0.383 e. The molecule has 0 aromatic heterocycles. The van der Waals surface area contributed by atoms with E-state index in [1.165, 1.54) is 32.1 Å². The number of carbonyl (C=O) groups excluding carboxylic acids is 1. The highest BCUT2D eigenvalue weighted by Gasteiger charge is 2.26. The zero-order valence-electron chi connectivity index (χ0n) is 11.2. The molecular formula is C13H26N2O3. The second-order valence-electron chi connectivity index (χ2n) is 5.13. The Balaban J connectivity index is 2.25. The summed E-state index contributed by atoms with van der Waals surface area (Å²) in [6, 6.07) is -0.462. The maximum absolute atomic E-state index is 11.6. The number of aliphatic hydroxyl groups is 1. The van der Waals surface area contributed by atoms with Crippen LogP contribution in [0.4, 0.5) is 0 Å². The molecule has 1 rings (SSSR count). The van der Waals surface area contributed by atoms with Crippen molar-refractivity contribution in [3.63, 3.8) is 0 Å². The normalized spacial score (nSPS) is 20.4. The van der Waals surface area contributed by atoms with E-state index in [9.17, 15) is 9.90 Å². The Labute approximate surface area is 109 Å². The molecule has 0 spiro atoms. The Morgan fingerprint density at radius 2 is 2.11 bits per heavy atom. The molecule has 0 bridgehead atoms. The first-order valence-electron chi connectivity index (χ1n) is 6.85. The van der Waals surface area contributed by atoms with Crippen molar-refractivity contribution in [2.75, 3.05) is 20.3 Å². The number of hydrogen-bond donors (Lipinski definition) is 3. The lowest BCUT2D eigenvalue weighted by Crippen LogP contribution is -2.47. The molecule has 1 amide bonds. The van der Waals surface area contributed by atoms with Gasteiger partial charge in [-0.1, -0.05) is 32.1 Å². The minimum Gasteiger partial charge on any atom is -0.383 e. The van der Waals surface area contributed by atoms with Crippen LogP contribution in [0.2, 0.25) is 0 Å². The molecule has 0 unspecified atom stereocenters. The van der Waals surface area contributed by atoms with Crippen LogP contribution in [0.15, 0.2) is 0 Å². The molecule has 0 aromatic rings. The topological polar surface area (TPSA) is 84.6 Å². The Morgan fingerprint density at radius 1 is 1.44 bits per heavy atom. The van der Waals surface area contributed by atoms with Crippen LogP contribution in [0.1, 0.15) is 38.5 Å². The predicted molar refractivity (Wildman–Crippen MR) is 70.1 cm³/mol. The Morgan fingerprint density at radius 3 is 2.72 bits per heavy atom. The van der Waals surface area contributed by atoms with Gasteiger partial charge in [0.15, 0.2) is 0 Å². The van der Waals surface area contributed by atoms with Crippen LogP contribution in [-0.4, -0.2) is 43.4 Å². The van der Waals surface area contributed by atoms with Crippen molar-refractivity contribution in [1.82, 2.24) is 5.32 Å². The third-order valence-corrected chi connectivity index (χ3v) is 3.61. The molecule has 1 aliphatic carbocycles. The lowest BCUT2D eigenvalue weighted by atomic mass is 9.84. The molecule has 0 aromatic carbocycles. The number of rotatable bonds is 7. The molecule has 5 heteroatoms. The molecule has 2 atom stereocenters. The van der Waals surface area contributed by atoms with Gasteiger partial charge in [0.1, 0.15) is 6.10 Å². The number of amides is 1. The van der Waals surface area contributed by atoms with Gasteiger partial charge in [-0.3, -0.25) is 4.79 Å². The van der Waals surface area contributed by atoms with Gasteiger partial charge in [0.2, 0.25) is 0 Å². The number of nitrogens with one attached hydrogen (secondary N) is 1. The minimum atomic E-state index is -1.11. The van der Waals surface area contributed by atoms with Crippen molar-refractivity contribution in [3.05, 3.63) is 0 Å². The van der Waals surface area contributed by atoms with Crippen LogP contribution in [-0.2, 0) is 9.53 Å². The van der Waals surface area contributed by atoms with E-state index in [4.69, 9.17) is 10.5 Å². The molecule has 18 heavy (non-hydrogen) atoms. The van der Waals surface area contributed by atoms with Gasteiger partial charge in [0.25, 0.3) is 5.91 Å². The number of carbonyl (C=O) groups is 1.